The van der Waals surface area contributed by atoms with Crippen molar-refractivity contribution in [3.63, 3.8) is 0 Å². The maximum atomic E-state index is 13.4. The Morgan fingerprint density at radius 3 is 2.19 bits per heavy atom. The molecule has 0 fully saturated rings. The first kappa shape index (κ1) is 15.4. The van der Waals surface area contributed by atoms with E-state index in [-0.39, 0.29) is 11.7 Å². The lowest BCUT2D eigenvalue weighted by Crippen LogP contribution is -2.25. The number of ether oxygens (including phenoxy) is 1. The van der Waals surface area contributed by atoms with Crippen LogP contribution in [0.1, 0.15) is 31.9 Å². The molecule has 2 aromatic rings. The fourth-order valence-electron chi connectivity index (χ4n) is 2.22. The van der Waals surface area contributed by atoms with Gasteiger partial charge in [-0.2, -0.15) is 0 Å². The fraction of sp³-hybridized carbons (Fsp3) is 0.294. The maximum Gasteiger partial charge on any atom is 0.126 e. The van der Waals surface area contributed by atoms with Crippen molar-refractivity contribution in [2.24, 2.45) is 0 Å². The summed E-state index contributed by atoms with van der Waals surface area (Å²) < 4.78 is 32.5. The summed E-state index contributed by atoms with van der Waals surface area (Å²) >= 11 is 0. The van der Waals surface area contributed by atoms with Crippen LogP contribution in [0, 0.1) is 11.6 Å². The Morgan fingerprint density at radius 1 is 1.05 bits per heavy atom. The van der Waals surface area contributed by atoms with Crippen molar-refractivity contribution in [1.29, 1.82) is 0 Å². The third kappa shape index (κ3) is 3.39. The molecule has 0 saturated carbocycles. The van der Waals surface area contributed by atoms with Crippen LogP contribution in [-0.4, -0.2) is 11.2 Å². The first-order valence-corrected chi connectivity index (χ1v) is 6.76. The molecule has 2 rings (SSSR count). The zero-order valence-electron chi connectivity index (χ0n) is 12.2. The van der Waals surface area contributed by atoms with Crippen molar-refractivity contribution < 1.29 is 18.6 Å². The zero-order chi connectivity index (χ0) is 15.6. The summed E-state index contributed by atoms with van der Waals surface area (Å²) in [4.78, 5) is 0. The Hall–Kier alpha value is -1.94. The summed E-state index contributed by atoms with van der Waals surface area (Å²) in [7, 11) is 0. The molecular formula is C17H18F2O2. The normalized spacial score (nSPS) is 14.0. The molecule has 0 aromatic heterocycles. The molecule has 0 amide bonds. The van der Waals surface area contributed by atoms with Crippen LogP contribution in [0.4, 0.5) is 8.78 Å². The Morgan fingerprint density at radius 2 is 1.62 bits per heavy atom. The van der Waals surface area contributed by atoms with Gasteiger partial charge in [0.2, 0.25) is 0 Å². The quantitative estimate of drug-likeness (QED) is 0.922. The average molecular weight is 292 g/mol. The SMILES string of the molecule is CC(C)Oc1ccccc1C(C)(O)c1cc(F)cc(F)c1. The fourth-order valence-corrected chi connectivity index (χ4v) is 2.22. The number of hydrogen-bond donors (Lipinski definition) is 1. The smallest absolute Gasteiger partial charge is 0.126 e. The van der Waals surface area contributed by atoms with E-state index in [0.717, 1.165) is 18.2 Å². The zero-order valence-corrected chi connectivity index (χ0v) is 12.2. The Kier molecular flexibility index (Phi) is 4.28. The van der Waals surface area contributed by atoms with Crippen molar-refractivity contribution in [3.05, 3.63) is 65.2 Å². The van der Waals surface area contributed by atoms with Gasteiger partial charge >= 0.3 is 0 Å². The van der Waals surface area contributed by atoms with E-state index in [1.807, 2.05) is 13.8 Å². The molecule has 1 unspecified atom stereocenters. The van der Waals surface area contributed by atoms with Crippen LogP contribution < -0.4 is 4.74 Å². The standard InChI is InChI=1S/C17H18F2O2/c1-11(2)21-16-7-5-4-6-15(16)17(3,20)12-8-13(18)10-14(19)9-12/h4-11,20H,1-3H3. The maximum absolute atomic E-state index is 13.4. The predicted molar refractivity (Wildman–Crippen MR) is 77.2 cm³/mol. The molecule has 0 bridgehead atoms. The van der Waals surface area contributed by atoms with Gasteiger partial charge in [-0.1, -0.05) is 18.2 Å². The first-order valence-electron chi connectivity index (χ1n) is 6.76. The summed E-state index contributed by atoms with van der Waals surface area (Å²) in [6.07, 6.45) is -0.0776. The molecule has 2 nitrogen and oxygen atoms in total. The summed E-state index contributed by atoms with van der Waals surface area (Å²) in [6.45, 7) is 5.23. The van der Waals surface area contributed by atoms with Crippen LogP contribution in [0.3, 0.4) is 0 Å². The summed E-state index contributed by atoms with van der Waals surface area (Å²) in [5.41, 5.74) is -0.961. The van der Waals surface area contributed by atoms with Gasteiger partial charge in [0.15, 0.2) is 0 Å². The van der Waals surface area contributed by atoms with Crippen LogP contribution in [0.25, 0.3) is 0 Å². The van der Waals surface area contributed by atoms with Crippen LogP contribution in [-0.2, 0) is 5.60 Å². The van der Waals surface area contributed by atoms with Crippen LogP contribution >= 0.6 is 0 Å². The average Bonchev–Trinajstić information content (AvgIpc) is 2.37. The van der Waals surface area contributed by atoms with E-state index >= 15 is 0 Å². The van der Waals surface area contributed by atoms with E-state index in [2.05, 4.69) is 0 Å². The summed E-state index contributed by atoms with van der Waals surface area (Å²) in [5.74, 6) is -0.970. The highest BCUT2D eigenvalue weighted by molar-refractivity contribution is 5.44. The monoisotopic (exact) mass is 292 g/mol. The van der Waals surface area contributed by atoms with E-state index in [9.17, 15) is 13.9 Å². The van der Waals surface area contributed by atoms with Crippen LogP contribution in [0.2, 0.25) is 0 Å². The minimum Gasteiger partial charge on any atom is -0.491 e. The number of benzene rings is 2. The van der Waals surface area contributed by atoms with Gasteiger partial charge in [-0.05, 0) is 44.5 Å². The lowest BCUT2D eigenvalue weighted by molar-refractivity contribution is 0.0950. The minimum atomic E-state index is -1.56. The molecule has 0 aliphatic heterocycles. The van der Waals surface area contributed by atoms with Gasteiger partial charge < -0.3 is 9.84 Å². The van der Waals surface area contributed by atoms with E-state index in [1.165, 1.54) is 6.92 Å². The number of rotatable bonds is 4. The topological polar surface area (TPSA) is 29.5 Å². The summed E-state index contributed by atoms with van der Waals surface area (Å²) in [6, 6.07) is 9.94. The first-order chi connectivity index (χ1) is 9.80. The number of halogens is 2. The number of aliphatic hydroxyl groups is 1. The molecular weight excluding hydrogens is 274 g/mol. The molecule has 4 heteroatoms. The summed E-state index contributed by atoms with van der Waals surface area (Å²) in [5, 5.41) is 10.8. The molecule has 0 saturated heterocycles. The predicted octanol–water partition coefficient (Wildman–Crippen LogP) is 4.01. The minimum absolute atomic E-state index is 0.0776. The highest BCUT2D eigenvalue weighted by Gasteiger charge is 2.30. The second-order valence-corrected chi connectivity index (χ2v) is 5.39. The van der Waals surface area contributed by atoms with Crippen LogP contribution in [0.15, 0.2) is 42.5 Å². The highest BCUT2D eigenvalue weighted by atomic mass is 19.1. The third-order valence-corrected chi connectivity index (χ3v) is 3.20. The third-order valence-electron chi connectivity index (χ3n) is 3.20. The van der Waals surface area contributed by atoms with Gasteiger partial charge in [-0.25, -0.2) is 8.78 Å². The molecule has 0 aliphatic rings. The Bertz CT molecular complexity index is 616. The van der Waals surface area contributed by atoms with Gasteiger partial charge in [0.1, 0.15) is 23.0 Å². The van der Waals surface area contributed by atoms with Crippen molar-refractivity contribution in [3.8, 4) is 5.75 Å². The molecule has 0 radical (unpaired) electrons. The molecule has 2 aromatic carbocycles. The largest absolute Gasteiger partial charge is 0.491 e. The number of para-hydroxylation sites is 1. The van der Waals surface area contributed by atoms with Gasteiger partial charge in [0.25, 0.3) is 0 Å². The van der Waals surface area contributed by atoms with Gasteiger partial charge in [-0.15, -0.1) is 0 Å². The van der Waals surface area contributed by atoms with Crippen molar-refractivity contribution in [1.82, 2.24) is 0 Å². The molecule has 1 N–H and O–H groups in total. The number of hydrogen-bond acceptors (Lipinski definition) is 2. The van der Waals surface area contributed by atoms with Crippen LogP contribution in [0.5, 0.6) is 5.75 Å². The van der Waals surface area contributed by atoms with E-state index < -0.39 is 17.2 Å². The van der Waals surface area contributed by atoms with Crippen molar-refractivity contribution in [2.45, 2.75) is 32.5 Å². The Labute approximate surface area is 123 Å². The van der Waals surface area contributed by atoms with Crippen molar-refractivity contribution >= 4 is 0 Å². The van der Waals surface area contributed by atoms with Gasteiger partial charge in [0.05, 0.1) is 6.10 Å². The molecule has 21 heavy (non-hydrogen) atoms. The van der Waals surface area contributed by atoms with E-state index in [4.69, 9.17) is 4.74 Å². The molecule has 1 atom stereocenters. The molecule has 0 heterocycles. The highest BCUT2D eigenvalue weighted by Crippen LogP contribution is 2.36. The van der Waals surface area contributed by atoms with Gasteiger partial charge in [0, 0.05) is 11.6 Å². The van der Waals surface area contributed by atoms with E-state index in [0.29, 0.717) is 11.3 Å². The second kappa shape index (κ2) is 5.82. The molecule has 112 valence electrons. The lowest BCUT2D eigenvalue weighted by atomic mass is 9.87. The lowest BCUT2D eigenvalue weighted by Gasteiger charge is -2.27. The second-order valence-electron chi connectivity index (χ2n) is 5.39. The van der Waals surface area contributed by atoms with Gasteiger partial charge in [-0.3, -0.25) is 0 Å². The van der Waals surface area contributed by atoms with E-state index in [1.54, 1.807) is 24.3 Å². The Balaban J connectivity index is 2.52. The van der Waals surface area contributed by atoms with Crippen molar-refractivity contribution in [2.75, 3.05) is 0 Å². The molecule has 0 spiro atoms. The molecule has 0 aliphatic carbocycles.